The standard InChI is InChI=1S/C16H13ClN2OS/c1-11(15(20)12-5-7-13(17)8-6-12)21-16-18-10-14-4-2-3-9-19(14)16/h2-11H,1H3. The third kappa shape index (κ3) is 2.96. The van der Waals surface area contributed by atoms with Crippen molar-refractivity contribution in [3.63, 3.8) is 0 Å². The number of carbonyl (C=O) groups is 1. The van der Waals surface area contributed by atoms with E-state index < -0.39 is 0 Å². The molecule has 2 heterocycles. The maximum atomic E-state index is 12.4. The number of benzene rings is 1. The maximum absolute atomic E-state index is 12.4. The molecule has 0 aliphatic heterocycles. The van der Waals surface area contributed by atoms with Gasteiger partial charge in [0.1, 0.15) is 0 Å². The fourth-order valence-electron chi connectivity index (χ4n) is 2.07. The van der Waals surface area contributed by atoms with Crippen molar-refractivity contribution in [1.82, 2.24) is 9.38 Å². The van der Waals surface area contributed by atoms with E-state index in [2.05, 4.69) is 4.98 Å². The van der Waals surface area contributed by atoms with Crippen LogP contribution in [0.5, 0.6) is 0 Å². The lowest BCUT2D eigenvalue weighted by molar-refractivity contribution is 0.0994. The Bertz CT molecular complexity index is 782. The summed E-state index contributed by atoms with van der Waals surface area (Å²) in [6.45, 7) is 1.89. The van der Waals surface area contributed by atoms with E-state index in [1.165, 1.54) is 11.8 Å². The highest BCUT2D eigenvalue weighted by Gasteiger charge is 2.18. The monoisotopic (exact) mass is 316 g/mol. The SMILES string of the molecule is CC(Sc1ncc2ccccn12)C(=O)c1ccc(Cl)cc1. The number of hydrogen-bond acceptors (Lipinski definition) is 3. The molecular formula is C16H13ClN2OS. The predicted molar refractivity (Wildman–Crippen MR) is 86.3 cm³/mol. The summed E-state index contributed by atoms with van der Waals surface area (Å²) in [7, 11) is 0. The van der Waals surface area contributed by atoms with Crippen LogP contribution in [-0.4, -0.2) is 20.4 Å². The van der Waals surface area contributed by atoms with E-state index in [0.29, 0.717) is 10.6 Å². The molecule has 0 saturated heterocycles. The lowest BCUT2D eigenvalue weighted by atomic mass is 10.1. The number of imidazole rings is 1. The van der Waals surface area contributed by atoms with Crippen molar-refractivity contribution in [3.8, 4) is 0 Å². The number of fused-ring (bicyclic) bond motifs is 1. The fourth-order valence-corrected chi connectivity index (χ4v) is 3.15. The summed E-state index contributed by atoms with van der Waals surface area (Å²) in [5, 5.41) is 1.24. The highest BCUT2D eigenvalue weighted by atomic mass is 35.5. The molecular weight excluding hydrogens is 304 g/mol. The summed E-state index contributed by atoms with van der Waals surface area (Å²) >= 11 is 7.30. The van der Waals surface area contributed by atoms with Crippen molar-refractivity contribution < 1.29 is 4.79 Å². The minimum Gasteiger partial charge on any atom is -0.295 e. The van der Waals surface area contributed by atoms with Crippen LogP contribution in [0.15, 0.2) is 60.0 Å². The van der Waals surface area contributed by atoms with Crippen LogP contribution in [0.4, 0.5) is 0 Å². The Hall–Kier alpha value is -1.78. The van der Waals surface area contributed by atoms with Crippen LogP contribution in [-0.2, 0) is 0 Å². The number of aromatic nitrogens is 2. The number of carbonyl (C=O) groups excluding carboxylic acids is 1. The van der Waals surface area contributed by atoms with Gasteiger partial charge in [-0.2, -0.15) is 0 Å². The van der Waals surface area contributed by atoms with E-state index in [-0.39, 0.29) is 11.0 Å². The lowest BCUT2D eigenvalue weighted by Gasteiger charge is -2.09. The van der Waals surface area contributed by atoms with E-state index in [4.69, 9.17) is 11.6 Å². The van der Waals surface area contributed by atoms with E-state index in [9.17, 15) is 4.79 Å². The Balaban J connectivity index is 1.81. The van der Waals surface area contributed by atoms with Crippen molar-refractivity contribution in [2.45, 2.75) is 17.3 Å². The third-order valence-corrected chi connectivity index (χ3v) is 4.52. The van der Waals surface area contributed by atoms with Gasteiger partial charge in [-0.15, -0.1) is 0 Å². The second-order valence-corrected chi connectivity index (χ2v) is 6.41. The quantitative estimate of drug-likeness (QED) is 0.530. The van der Waals surface area contributed by atoms with Crippen LogP contribution in [0.2, 0.25) is 5.02 Å². The number of nitrogens with zero attached hydrogens (tertiary/aromatic N) is 2. The molecule has 0 amide bonds. The molecule has 2 aromatic heterocycles. The molecule has 0 saturated carbocycles. The highest BCUT2D eigenvalue weighted by molar-refractivity contribution is 8.00. The molecule has 1 unspecified atom stereocenters. The molecule has 0 bridgehead atoms. The first-order chi connectivity index (χ1) is 10.1. The Labute approximate surface area is 132 Å². The van der Waals surface area contributed by atoms with E-state index in [1.807, 2.05) is 41.9 Å². The van der Waals surface area contributed by atoms with Gasteiger partial charge in [-0.3, -0.25) is 9.20 Å². The van der Waals surface area contributed by atoms with Crippen LogP contribution in [0.3, 0.4) is 0 Å². The number of hydrogen-bond donors (Lipinski definition) is 0. The van der Waals surface area contributed by atoms with Crippen molar-refractivity contribution in [1.29, 1.82) is 0 Å². The molecule has 3 aromatic rings. The molecule has 21 heavy (non-hydrogen) atoms. The molecule has 1 atom stereocenters. The summed E-state index contributed by atoms with van der Waals surface area (Å²) in [5.41, 5.74) is 1.69. The first-order valence-electron chi connectivity index (χ1n) is 6.53. The number of halogens is 1. The number of ketones is 1. The predicted octanol–water partition coefficient (Wildman–Crippen LogP) is 4.35. The minimum absolute atomic E-state index is 0.0735. The summed E-state index contributed by atoms with van der Waals surface area (Å²) < 4.78 is 1.98. The lowest BCUT2D eigenvalue weighted by Crippen LogP contribution is -2.13. The molecule has 3 rings (SSSR count). The van der Waals surface area contributed by atoms with Gasteiger partial charge in [0.15, 0.2) is 10.9 Å². The Morgan fingerprint density at radius 3 is 2.76 bits per heavy atom. The molecule has 5 heteroatoms. The second kappa shape index (κ2) is 5.92. The number of Topliss-reactive ketones (excluding diaryl/α,β-unsaturated/α-hetero) is 1. The van der Waals surface area contributed by atoms with Gasteiger partial charge in [-0.05, 0) is 43.3 Å². The van der Waals surface area contributed by atoms with Gasteiger partial charge in [0.25, 0.3) is 0 Å². The van der Waals surface area contributed by atoms with E-state index in [0.717, 1.165) is 10.7 Å². The summed E-state index contributed by atoms with van der Waals surface area (Å²) in [5.74, 6) is 0.0735. The molecule has 0 fully saturated rings. The Kier molecular flexibility index (Phi) is 3.99. The van der Waals surface area contributed by atoms with Gasteiger partial charge in [0.05, 0.1) is 17.0 Å². The fraction of sp³-hybridized carbons (Fsp3) is 0.125. The third-order valence-electron chi connectivity index (χ3n) is 3.18. The number of pyridine rings is 1. The van der Waals surface area contributed by atoms with Gasteiger partial charge in [-0.1, -0.05) is 29.4 Å². The average molecular weight is 317 g/mol. The van der Waals surface area contributed by atoms with Gasteiger partial charge in [0, 0.05) is 16.8 Å². The normalized spacial score (nSPS) is 12.5. The number of thioether (sulfide) groups is 1. The molecule has 0 radical (unpaired) electrons. The van der Waals surface area contributed by atoms with Gasteiger partial charge < -0.3 is 0 Å². The van der Waals surface area contributed by atoms with Gasteiger partial charge in [0.2, 0.25) is 0 Å². The van der Waals surface area contributed by atoms with Crippen LogP contribution in [0, 0.1) is 0 Å². The zero-order chi connectivity index (χ0) is 14.8. The van der Waals surface area contributed by atoms with E-state index in [1.54, 1.807) is 24.3 Å². The summed E-state index contributed by atoms with van der Waals surface area (Å²) in [4.78, 5) is 16.8. The Morgan fingerprint density at radius 1 is 1.24 bits per heavy atom. The van der Waals surface area contributed by atoms with Crippen LogP contribution < -0.4 is 0 Å². The number of rotatable bonds is 4. The van der Waals surface area contributed by atoms with Crippen molar-refractivity contribution in [2.24, 2.45) is 0 Å². The minimum atomic E-state index is -0.211. The van der Waals surface area contributed by atoms with Crippen LogP contribution in [0.25, 0.3) is 5.52 Å². The smallest absolute Gasteiger partial charge is 0.175 e. The zero-order valence-corrected chi connectivity index (χ0v) is 12.9. The molecule has 0 aliphatic rings. The first-order valence-corrected chi connectivity index (χ1v) is 7.79. The molecule has 1 aromatic carbocycles. The Morgan fingerprint density at radius 2 is 2.00 bits per heavy atom. The molecule has 3 nitrogen and oxygen atoms in total. The summed E-state index contributed by atoms with van der Waals surface area (Å²) in [6.07, 6.45) is 3.76. The molecule has 0 spiro atoms. The maximum Gasteiger partial charge on any atom is 0.175 e. The second-order valence-electron chi connectivity index (χ2n) is 4.67. The van der Waals surface area contributed by atoms with E-state index >= 15 is 0 Å². The van der Waals surface area contributed by atoms with Gasteiger partial charge >= 0.3 is 0 Å². The van der Waals surface area contributed by atoms with Crippen LogP contribution >= 0.6 is 23.4 Å². The van der Waals surface area contributed by atoms with Crippen molar-refractivity contribution >= 4 is 34.7 Å². The van der Waals surface area contributed by atoms with Gasteiger partial charge in [-0.25, -0.2) is 4.98 Å². The molecule has 0 aliphatic carbocycles. The molecule has 0 N–H and O–H groups in total. The first kappa shape index (κ1) is 14.2. The summed E-state index contributed by atoms with van der Waals surface area (Å²) in [6, 6.07) is 12.9. The molecule has 106 valence electrons. The van der Waals surface area contributed by atoms with Crippen molar-refractivity contribution in [3.05, 3.63) is 65.4 Å². The largest absolute Gasteiger partial charge is 0.295 e. The highest BCUT2D eigenvalue weighted by Crippen LogP contribution is 2.25. The topological polar surface area (TPSA) is 34.4 Å². The zero-order valence-electron chi connectivity index (χ0n) is 11.4. The van der Waals surface area contributed by atoms with Crippen LogP contribution in [0.1, 0.15) is 17.3 Å². The van der Waals surface area contributed by atoms with Crippen molar-refractivity contribution in [2.75, 3.05) is 0 Å². The average Bonchev–Trinajstić information content (AvgIpc) is 2.91.